The van der Waals surface area contributed by atoms with Crippen LogP contribution in [0, 0.1) is 38.5 Å². The van der Waals surface area contributed by atoms with Crippen molar-refractivity contribution < 1.29 is 28.8 Å². The molecule has 0 aromatic heterocycles. The molecule has 0 saturated carbocycles. The fraction of sp³-hybridized carbons (Fsp3) is 0.800. The van der Waals surface area contributed by atoms with E-state index in [9.17, 15) is 9.90 Å². The first-order valence-electron chi connectivity index (χ1n) is 16.2. The average Bonchev–Trinajstić information content (AvgIpc) is 3.58. The summed E-state index contributed by atoms with van der Waals surface area (Å²) < 4.78 is 23.1. The van der Waals surface area contributed by atoms with Gasteiger partial charge in [-0.1, -0.05) is 72.6 Å². The van der Waals surface area contributed by atoms with E-state index in [1.54, 1.807) is 6.92 Å². The maximum absolute atomic E-state index is 12.5. The van der Waals surface area contributed by atoms with Gasteiger partial charge in [0.15, 0.2) is 0 Å². The monoisotopic (exact) mass is 574 g/mol. The summed E-state index contributed by atoms with van der Waals surface area (Å²) in [4.78, 5) is 12.5. The number of carbonyl (C=O) groups excluding carboxylic acids is 1. The van der Waals surface area contributed by atoms with Crippen molar-refractivity contribution in [1.82, 2.24) is 0 Å². The van der Waals surface area contributed by atoms with Gasteiger partial charge in [0.2, 0.25) is 0 Å². The quantitative estimate of drug-likeness (QED) is 0.121. The highest BCUT2D eigenvalue weighted by atomic mass is 16.7. The topological polar surface area (TPSA) is 77.5 Å². The predicted octanol–water partition coefficient (Wildman–Crippen LogP) is 8.80. The zero-order chi connectivity index (χ0) is 30.4. The van der Waals surface area contributed by atoms with E-state index in [0.717, 1.165) is 65.0 Å². The second-order valence-corrected chi connectivity index (χ2v) is 14.2. The van der Waals surface area contributed by atoms with Crippen molar-refractivity contribution in [3.63, 3.8) is 0 Å². The lowest BCUT2D eigenvalue weighted by Gasteiger charge is -2.38. The molecule has 234 valence electrons. The van der Waals surface area contributed by atoms with E-state index in [2.05, 4.69) is 34.6 Å². The molecule has 0 radical (unpaired) electrons. The first-order valence-corrected chi connectivity index (χ1v) is 16.2. The molecule has 6 nitrogen and oxygen atoms in total. The van der Waals surface area contributed by atoms with Crippen LogP contribution in [0.1, 0.15) is 128 Å². The molecule has 0 spiro atoms. The number of epoxide rings is 1. The number of rotatable bonds is 16. The first kappa shape index (κ1) is 33.7. The SMILES string of the molecule is Cc1c(C)c2c(c(C)c1OC(=O)OCC1OC1(C)CO)CCC(C)(CCCC(C)CCCC(C)CCCC(C)C)O2. The van der Waals surface area contributed by atoms with Gasteiger partial charge in [0, 0.05) is 5.56 Å². The van der Waals surface area contributed by atoms with Crippen molar-refractivity contribution in [2.45, 2.75) is 150 Å². The second kappa shape index (κ2) is 14.6. The molecule has 5 unspecified atom stereocenters. The van der Waals surface area contributed by atoms with E-state index in [1.807, 2.05) is 20.8 Å². The lowest BCUT2D eigenvalue weighted by atomic mass is 9.83. The summed E-state index contributed by atoms with van der Waals surface area (Å²) in [5, 5.41) is 9.33. The third kappa shape index (κ3) is 9.35. The maximum atomic E-state index is 12.5. The Labute approximate surface area is 249 Å². The van der Waals surface area contributed by atoms with Crippen LogP contribution in [0.3, 0.4) is 0 Å². The Morgan fingerprint density at radius 2 is 1.54 bits per heavy atom. The normalized spacial score (nSPS) is 24.9. The smallest absolute Gasteiger partial charge is 0.487 e. The third-order valence-electron chi connectivity index (χ3n) is 9.73. The molecule has 2 aliphatic heterocycles. The Bertz CT molecular complexity index is 1020. The highest BCUT2D eigenvalue weighted by Crippen LogP contribution is 2.45. The number of fused-ring (bicyclic) bond motifs is 1. The minimum absolute atomic E-state index is 0.0650. The van der Waals surface area contributed by atoms with Crippen molar-refractivity contribution >= 4 is 6.16 Å². The first-order chi connectivity index (χ1) is 19.3. The molecular weight excluding hydrogens is 516 g/mol. The van der Waals surface area contributed by atoms with E-state index < -0.39 is 11.8 Å². The van der Waals surface area contributed by atoms with E-state index in [-0.39, 0.29) is 24.9 Å². The largest absolute Gasteiger partial charge is 0.513 e. The molecule has 5 atom stereocenters. The van der Waals surface area contributed by atoms with Crippen LogP contribution in [-0.4, -0.2) is 41.8 Å². The Morgan fingerprint density at radius 3 is 2.12 bits per heavy atom. The minimum Gasteiger partial charge on any atom is -0.487 e. The summed E-state index contributed by atoms with van der Waals surface area (Å²) in [7, 11) is 0. The van der Waals surface area contributed by atoms with Gasteiger partial charge >= 0.3 is 6.16 Å². The molecule has 1 aromatic rings. The molecule has 2 heterocycles. The van der Waals surface area contributed by atoms with Gasteiger partial charge < -0.3 is 24.1 Å². The molecule has 0 aliphatic carbocycles. The zero-order valence-corrected chi connectivity index (χ0v) is 27.5. The molecule has 0 amide bonds. The minimum atomic E-state index is -0.748. The summed E-state index contributed by atoms with van der Waals surface area (Å²) in [6.07, 6.45) is 12.4. The Kier molecular flexibility index (Phi) is 12.0. The van der Waals surface area contributed by atoms with Crippen LogP contribution in [0.5, 0.6) is 11.5 Å². The zero-order valence-electron chi connectivity index (χ0n) is 27.5. The van der Waals surface area contributed by atoms with Crippen LogP contribution in [-0.2, 0) is 15.9 Å². The van der Waals surface area contributed by atoms with Crippen molar-refractivity contribution in [1.29, 1.82) is 0 Å². The fourth-order valence-electron chi connectivity index (χ4n) is 6.31. The lowest BCUT2D eigenvalue weighted by Crippen LogP contribution is -2.37. The standard InChI is InChI=1S/C35H58O6/c1-23(2)13-10-14-24(3)15-11-16-25(4)17-12-19-34(8)20-18-29-28(7)31(26(5)27(6)32(29)41-34)39-33(37)38-21-30-35(9,22-36)40-30/h23-25,30,36H,10-22H2,1-9H3. The van der Waals surface area contributed by atoms with Crippen molar-refractivity contribution in [3.05, 3.63) is 22.3 Å². The molecule has 6 heteroatoms. The summed E-state index contributed by atoms with van der Waals surface area (Å²) in [6.45, 7) is 19.5. The maximum Gasteiger partial charge on any atom is 0.513 e. The second-order valence-electron chi connectivity index (χ2n) is 14.2. The number of aliphatic hydroxyl groups is 1. The lowest BCUT2D eigenvalue weighted by molar-refractivity contribution is 0.0509. The van der Waals surface area contributed by atoms with Gasteiger partial charge in [-0.05, 0) is 94.7 Å². The summed E-state index contributed by atoms with van der Waals surface area (Å²) in [6, 6.07) is 0. The van der Waals surface area contributed by atoms with Crippen molar-refractivity contribution in [2.24, 2.45) is 17.8 Å². The summed E-state index contributed by atoms with van der Waals surface area (Å²) in [5.74, 6) is 3.95. The number of benzene rings is 1. The Morgan fingerprint density at radius 1 is 0.927 bits per heavy atom. The van der Waals surface area contributed by atoms with Gasteiger partial charge in [0.25, 0.3) is 0 Å². The molecule has 2 aliphatic rings. The molecular formula is C35H58O6. The molecule has 0 bridgehead atoms. The van der Waals surface area contributed by atoms with Gasteiger partial charge in [0.05, 0.1) is 6.61 Å². The van der Waals surface area contributed by atoms with Crippen LogP contribution in [0.4, 0.5) is 4.79 Å². The average molecular weight is 575 g/mol. The molecule has 41 heavy (non-hydrogen) atoms. The van der Waals surface area contributed by atoms with E-state index in [0.29, 0.717) is 5.75 Å². The third-order valence-corrected chi connectivity index (χ3v) is 9.73. The molecule has 1 aromatic carbocycles. The van der Waals surface area contributed by atoms with E-state index in [1.165, 1.54) is 51.4 Å². The highest BCUT2D eigenvalue weighted by Gasteiger charge is 2.52. The van der Waals surface area contributed by atoms with Gasteiger partial charge in [-0.3, -0.25) is 0 Å². The molecule has 3 rings (SSSR count). The van der Waals surface area contributed by atoms with Gasteiger partial charge in [-0.2, -0.15) is 0 Å². The summed E-state index contributed by atoms with van der Waals surface area (Å²) in [5.41, 5.74) is 3.19. The van der Waals surface area contributed by atoms with Crippen LogP contribution in [0.25, 0.3) is 0 Å². The number of aliphatic hydroxyl groups excluding tert-OH is 1. The van der Waals surface area contributed by atoms with Crippen LogP contribution < -0.4 is 9.47 Å². The fourth-order valence-corrected chi connectivity index (χ4v) is 6.31. The van der Waals surface area contributed by atoms with Crippen LogP contribution in [0.2, 0.25) is 0 Å². The number of hydrogen-bond donors (Lipinski definition) is 1. The van der Waals surface area contributed by atoms with E-state index >= 15 is 0 Å². The molecule has 1 fully saturated rings. The van der Waals surface area contributed by atoms with Crippen LogP contribution in [0.15, 0.2) is 0 Å². The van der Waals surface area contributed by atoms with Crippen molar-refractivity contribution in [3.8, 4) is 11.5 Å². The highest BCUT2D eigenvalue weighted by molar-refractivity contribution is 5.68. The van der Waals surface area contributed by atoms with Gasteiger partial charge in [-0.25, -0.2) is 4.79 Å². The van der Waals surface area contributed by atoms with Crippen LogP contribution >= 0.6 is 0 Å². The number of carbonyl (C=O) groups is 1. The van der Waals surface area contributed by atoms with E-state index in [4.69, 9.17) is 18.9 Å². The van der Waals surface area contributed by atoms with Crippen molar-refractivity contribution in [2.75, 3.05) is 13.2 Å². The molecule has 1 N–H and O–H groups in total. The Hall–Kier alpha value is -1.79. The number of ether oxygens (including phenoxy) is 4. The van der Waals surface area contributed by atoms with Gasteiger partial charge in [0.1, 0.15) is 35.4 Å². The Balaban J connectivity index is 1.47. The van der Waals surface area contributed by atoms with Gasteiger partial charge in [-0.15, -0.1) is 0 Å². The number of hydrogen-bond acceptors (Lipinski definition) is 6. The predicted molar refractivity (Wildman–Crippen MR) is 165 cm³/mol. The molecule has 1 saturated heterocycles. The summed E-state index contributed by atoms with van der Waals surface area (Å²) >= 11 is 0.